The van der Waals surface area contributed by atoms with Gasteiger partial charge in [-0.15, -0.1) is 0 Å². The van der Waals surface area contributed by atoms with Crippen molar-refractivity contribution in [3.63, 3.8) is 0 Å². The Morgan fingerprint density at radius 2 is 2.03 bits per heavy atom. The molecule has 150 valence electrons. The van der Waals surface area contributed by atoms with Gasteiger partial charge in [-0.25, -0.2) is 9.37 Å². The third-order valence-electron chi connectivity index (χ3n) is 4.97. The number of rotatable bonds is 4. The average molecular weight is 421 g/mol. The SMILES string of the molecule is COc1ccc(Cl)cc1-n1c(C)cc(/C=C(/C#N)c2nc3ccc(F)cc3[nH]2)c1C. The Kier molecular flexibility index (Phi) is 5.06. The number of nitrogens with zero attached hydrogens (tertiary/aromatic N) is 3. The predicted octanol–water partition coefficient (Wildman–Crippen LogP) is 5.84. The lowest BCUT2D eigenvalue weighted by Crippen LogP contribution is -2.02. The molecule has 0 atom stereocenters. The molecule has 0 spiro atoms. The van der Waals surface area contributed by atoms with E-state index >= 15 is 0 Å². The van der Waals surface area contributed by atoms with E-state index < -0.39 is 0 Å². The smallest absolute Gasteiger partial charge is 0.149 e. The maximum Gasteiger partial charge on any atom is 0.149 e. The van der Waals surface area contributed by atoms with Gasteiger partial charge in [0.05, 0.1) is 29.4 Å². The number of benzene rings is 2. The number of nitrogens with one attached hydrogen (secondary N) is 1. The monoisotopic (exact) mass is 420 g/mol. The summed E-state index contributed by atoms with van der Waals surface area (Å²) in [6.45, 7) is 3.93. The molecule has 0 saturated heterocycles. The summed E-state index contributed by atoms with van der Waals surface area (Å²) in [5.41, 5.74) is 5.05. The Morgan fingerprint density at radius 3 is 2.77 bits per heavy atom. The molecular formula is C23H18ClFN4O. The summed E-state index contributed by atoms with van der Waals surface area (Å²) in [5.74, 6) is 0.721. The van der Waals surface area contributed by atoms with Crippen molar-refractivity contribution in [2.45, 2.75) is 13.8 Å². The zero-order valence-corrected chi connectivity index (χ0v) is 17.4. The number of hydrogen-bond acceptors (Lipinski definition) is 3. The van der Waals surface area contributed by atoms with Crippen molar-refractivity contribution in [3.8, 4) is 17.5 Å². The number of hydrogen-bond donors (Lipinski definition) is 1. The van der Waals surface area contributed by atoms with Crippen LogP contribution in [0.1, 0.15) is 22.8 Å². The number of halogens is 2. The van der Waals surface area contributed by atoms with Crippen LogP contribution >= 0.6 is 11.6 Å². The summed E-state index contributed by atoms with van der Waals surface area (Å²) in [6.07, 6.45) is 1.77. The van der Waals surface area contributed by atoms with Crippen LogP contribution in [0.15, 0.2) is 42.5 Å². The Bertz CT molecular complexity index is 1340. The van der Waals surface area contributed by atoms with E-state index in [-0.39, 0.29) is 5.82 Å². The summed E-state index contributed by atoms with van der Waals surface area (Å²) < 4.78 is 21.0. The molecule has 2 heterocycles. The summed E-state index contributed by atoms with van der Waals surface area (Å²) in [4.78, 5) is 7.44. The Labute approximate surface area is 178 Å². The summed E-state index contributed by atoms with van der Waals surface area (Å²) >= 11 is 6.21. The Balaban J connectivity index is 1.83. The molecule has 30 heavy (non-hydrogen) atoms. The number of fused-ring (bicyclic) bond motifs is 1. The first kappa shape index (κ1) is 19.7. The molecule has 0 aliphatic heterocycles. The topological polar surface area (TPSA) is 66.6 Å². The van der Waals surface area contributed by atoms with Crippen molar-refractivity contribution >= 4 is 34.3 Å². The fourth-order valence-electron chi connectivity index (χ4n) is 3.56. The first-order valence-electron chi connectivity index (χ1n) is 9.21. The number of H-pyrrole nitrogens is 1. The fourth-order valence-corrected chi connectivity index (χ4v) is 3.73. The molecule has 0 saturated carbocycles. The lowest BCUT2D eigenvalue weighted by atomic mass is 10.1. The zero-order valence-electron chi connectivity index (χ0n) is 16.6. The number of aromatic nitrogens is 3. The molecule has 0 unspecified atom stereocenters. The summed E-state index contributed by atoms with van der Waals surface area (Å²) in [7, 11) is 1.61. The van der Waals surface area contributed by atoms with Crippen molar-refractivity contribution in [1.29, 1.82) is 5.26 Å². The molecular weight excluding hydrogens is 403 g/mol. The second kappa shape index (κ2) is 7.69. The molecule has 0 radical (unpaired) electrons. The van der Waals surface area contributed by atoms with Crippen LogP contribution in [0.3, 0.4) is 0 Å². The molecule has 2 aromatic carbocycles. The number of aromatic amines is 1. The molecule has 2 aromatic heterocycles. The van der Waals surface area contributed by atoms with E-state index in [1.165, 1.54) is 12.1 Å². The molecule has 4 rings (SSSR count). The van der Waals surface area contributed by atoms with Gasteiger partial charge in [-0.3, -0.25) is 0 Å². The molecule has 0 amide bonds. The van der Waals surface area contributed by atoms with Crippen LogP contribution in [0.25, 0.3) is 28.4 Å². The molecule has 0 aliphatic rings. The van der Waals surface area contributed by atoms with Crippen LogP contribution < -0.4 is 4.74 Å². The first-order valence-corrected chi connectivity index (χ1v) is 9.59. The number of nitriles is 1. The molecule has 4 aromatic rings. The quantitative estimate of drug-likeness (QED) is 0.422. The highest BCUT2D eigenvalue weighted by Gasteiger charge is 2.16. The molecule has 7 heteroatoms. The molecule has 0 aliphatic carbocycles. The van der Waals surface area contributed by atoms with Gasteiger partial charge >= 0.3 is 0 Å². The highest BCUT2D eigenvalue weighted by molar-refractivity contribution is 6.30. The van der Waals surface area contributed by atoms with Crippen LogP contribution in [0.4, 0.5) is 4.39 Å². The second-order valence-corrected chi connectivity index (χ2v) is 7.33. The molecule has 5 nitrogen and oxygen atoms in total. The van der Waals surface area contributed by atoms with E-state index in [1.54, 1.807) is 25.3 Å². The van der Waals surface area contributed by atoms with Gasteiger partial charge in [-0.1, -0.05) is 11.6 Å². The lowest BCUT2D eigenvalue weighted by Gasteiger charge is -2.14. The Hall–Kier alpha value is -3.56. The number of methoxy groups -OCH3 is 1. The maximum atomic E-state index is 13.5. The minimum atomic E-state index is -0.362. The molecule has 1 N–H and O–H groups in total. The standard InChI is InChI=1S/C23H18ClFN4O/c1-13-8-15(14(2)29(13)21-10-17(24)4-7-22(21)30-3)9-16(12-26)23-27-19-6-5-18(25)11-20(19)28-23/h4-11H,1-3H3,(H,27,28)/b16-9-. The fraction of sp³-hybridized carbons (Fsp3) is 0.130. The zero-order chi connectivity index (χ0) is 21.4. The normalized spacial score (nSPS) is 11.7. The first-order chi connectivity index (χ1) is 14.4. The molecule has 0 fully saturated rings. The van der Waals surface area contributed by atoms with E-state index in [2.05, 4.69) is 16.0 Å². The number of aryl methyl sites for hydroxylation is 1. The van der Waals surface area contributed by atoms with Crippen molar-refractivity contribution in [2.75, 3.05) is 7.11 Å². The largest absolute Gasteiger partial charge is 0.495 e. The minimum Gasteiger partial charge on any atom is -0.495 e. The summed E-state index contributed by atoms with van der Waals surface area (Å²) in [5, 5.41) is 10.3. The van der Waals surface area contributed by atoms with Crippen molar-refractivity contribution in [2.24, 2.45) is 0 Å². The van der Waals surface area contributed by atoms with Gasteiger partial charge in [0, 0.05) is 16.4 Å². The van der Waals surface area contributed by atoms with Crippen LogP contribution in [-0.2, 0) is 0 Å². The summed E-state index contributed by atoms with van der Waals surface area (Å²) in [6, 6.07) is 13.9. The number of ether oxygens (including phenoxy) is 1. The highest BCUT2D eigenvalue weighted by atomic mass is 35.5. The van der Waals surface area contributed by atoms with Gasteiger partial charge < -0.3 is 14.3 Å². The van der Waals surface area contributed by atoms with Crippen LogP contribution in [0.5, 0.6) is 5.75 Å². The van der Waals surface area contributed by atoms with E-state index in [0.717, 1.165) is 22.6 Å². The third-order valence-corrected chi connectivity index (χ3v) is 5.21. The lowest BCUT2D eigenvalue weighted by molar-refractivity contribution is 0.412. The minimum absolute atomic E-state index is 0.352. The van der Waals surface area contributed by atoms with Gasteiger partial charge in [0.25, 0.3) is 0 Å². The second-order valence-electron chi connectivity index (χ2n) is 6.89. The van der Waals surface area contributed by atoms with Gasteiger partial charge in [-0.05, 0) is 68.0 Å². The van der Waals surface area contributed by atoms with Crippen molar-refractivity contribution in [3.05, 3.63) is 76.1 Å². The Morgan fingerprint density at radius 1 is 1.23 bits per heavy atom. The van der Waals surface area contributed by atoms with Gasteiger partial charge in [0.1, 0.15) is 23.5 Å². The highest BCUT2D eigenvalue weighted by Crippen LogP contribution is 2.32. The van der Waals surface area contributed by atoms with Gasteiger partial charge in [0.2, 0.25) is 0 Å². The third kappa shape index (κ3) is 3.44. The number of imidazole rings is 1. The number of allylic oxidation sites excluding steroid dienone is 1. The average Bonchev–Trinajstić information content (AvgIpc) is 3.25. The molecule has 0 bridgehead atoms. The van der Waals surface area contributed by atoms with Gasteiger partial charge in [-0.2, -0.15) is 5.26 Å². The predicted molar refractivity (Wildman–Crippen MR) is 116 cm³/mol. The van der Waals surface area contributed by atoms with E-state index in [1.807, 2.05) is 36.6 Å². The van der Waals surface area contributed by atoms with E-state index in [0.29, 0.717) is 33.2 Å². The van der Waals surface area contributed by atoms with Crippen molar-refractivity contribution < 1.29 is 9.13 Å². The van der Waals surface area contributed by atoms with E-state index in [4.69, 9.17) is 16.3 Å². The van der Waals surface area contributed by atoms with Crippen LogP contribution in [0, 0.1) is 31.0 Å². The van der Waals surface area contributed by atoms with E-state index in [9.17, 15) is 9.65 Å². The van der Waals surface area contributed by atoms with Gasteiger partial charge in [0.15, 0.2) is 0 Å². The van der Waals surface area contributed by atoms with Crippen molar-refractivity contribution in [1.82, 2.24) is 14.5 Å². The maximum absolute atomic E-state index is 13.5. The van der Waals surface area contributed by atoms with Crippen LogP contribution in [0.2, 0.25) is 5.02 Å². The van der Waals surface area contributed by atoms with Crippen LogP contribution in [-0.4, -0.2) is 21.6 Å².